The van der Waals surface area contributed by atoms with E-state index in [9.17, 15) is 5.11 Å². The van der Waals surface area contributed by atoms with E-state index in [1.165, 1.54) is 20.5 Å². The van der Waals surface area contributed by atoms with E-state index in [2.05, 4.69) is 15.0 Å². The molecule has 4 atom stereocenters. The second-order valence-electron chi connectivity index (χ2n) is 4.61. The number of ether oxygens (including phenoxy) is 3. The van der Waals surface area contributed by atoms with E-state index in [-0.39, 0.29) is 11.8 Å². The third kappa shape index (κ3) is 2.08. The normalized spacial score (nSPS) is 29.3. The van der Waals surface area contributed by atoms with Crippen molar-refractivity contribution in [3.8, 4) is 0 Å². The Kier molecular flexibility index (Phi) is 3.37. The summed E-state index contributed by atoms with van der Waals surface area (Å²) in [4.78, 5) is 12.1. The first-order valence-corrected chi connectivity index (χ1v) is 6.21. The van der Waals surface area contributed by atoms with Crippen LogP contribution in [-0.4, -0.2) is 57.3 Å². The van der Waals surface area contributed by atoms with Crippen LogP contribution in [0.25, 0.3) is 11.2 Å². The number of nitrogen functional groups attached to an aromatic ring is 2. The predicted molar refractivity (Wildman–Crippen MR) is 71.9 cm³/mol. The van der Waals surface area contributed by atoms with E-state index in [1.807, 2.05) is 0 Å². The van der Waals surface area contributed by atoms with Gasteiger partial charge in [-0.3, -0.25) is 4.57 Å². The van der Waals surface area contributed by atoms with Gasteiger partial charge in [0.2, 0.25) is 5.95 Å². The van der Waals surface area contributed by atoms with Crippen LogP contribution in [-0.2, 0) is 14.2 Å². The molecule has 5 N–H and O–H groups in total. The quantitative estimate of drug-likeness (QED) is 0.640. The minimum absolute atomic E-state index is 0.0255. The highest BCUT2D eigenvalue weighted by Crippen LogP contribution is 2.34. The van der Waals surface area contributed by atoms with Gasteiger partial charge in [-0.05, 0) is 0 Å². The second kappa shape index (κ2) is 5.07. The molecule has 2 aromatic rings. The number of hydrogen-bond acceptors (Lipinski definition) is 9. The van der Waals surface area contributed by atoms with Gasteiger partial charge in [0, 0.05) is 14.2 Å². The van der Waals surface area contributed by atoms with Gasteiger partial charge in [0.25, 0.3) is 0 Å². The van der Waals surface area contributed by atoms with Crippen molar-refractivity contribution in [1.29, 1.82) is 0 Å². The molecule has 0 saturated carbocycles. The van der Waals surface area contributed by atoms with Gasteiger partial charge in [0.15, 0.2) is 24.0 Å². The molecule has 1 aliphatic heterocycles. The van der Waals surface area contributed by atoms with Crippen LogP contribution < -0.4 is 11.5 Å². The standard InChI is InChI=1S/C11H16N6O4/c1-19-6-5(18)10(20-2)21-9(6)17-3-14-4-7(12)15-11(13)16-8(4)17/h3,5-6,9-10,18H,1-2H3,(H4,12,13,15,16)/t5?,6?,9-,10+/m1/s1. The molecule has 3 rings (SSSR count). The largest absolute Gasteiger partial charge is 0.385 e. The lowest BCUT2D eigenvalue weighted by Crippen LogP contribution is -2.33. The first-order valence-electron chi connectivity index (χ1n) is 6.21. The number of nitrogens with zero attached hydrogens (tertiary/aromatic N) is 4. The molecule has 1 fully saturated rings. The van der Waals surface area contributed by atoms with Gasteiger partial charge in [0.05, 0.1) is 6.33 Å². The van der Waals surface area contributed by atoms with Crippen molar-refractivity contribution < 1.29 is 19.3 Å². The summed E-state index contributed by atoms with van der Waals surface area (Å²) in [6.07, 6.45) is -1.59. The second-order valence-corrected chi connectivity index (χ2v) is 4.61. The Morgan fingerprint density at radius 1 is 1.29 bits per heavy atom. The van der Waals surface area contributed by atoms with Crippen LogP contribution in [0.15, 0.2) is 6.33 Å². The molecule has 0 radical (unpaired) electrons. The molecule has 1 aliphatic rings. The van der Waals surface area contributed by atoms with Crippen LogP contribution in [0, 0.1) is 0 Å². The molecule has 2 unspecified atom stereocenters. The minimum atomic E-state index is -0.945. The fourth-order valence-corrected chi connectivity index (χ4v) is 2.44. The van der Waals surface area contributed by atoms with E-state index >= 15 is 0 Å². The van der Waals surface area contributed by atoms with Gasteiger partial charge in [-0.15, -0.1) is 0 Å². The number of hydrogen-bond donors (Lipinski definition) is 3. The maximum absolute atomic E-state index is 10.1. The number of methoxy groups -OCH3 is 2. The summed E-state index contributed by atoms with van der Waals surface area (Å²) in [5.74, 6) is 0.199. The van der Waals surface area contributed by atoms with Crippen molar-refractivity contribution in [2.24, 2.45) is 0 Å². The third-order valence-corrected chi connectivity index (χ3v) is 3.41. The zero-order chi connectivity index (χ0) is 15.1. The monoisotopic (exact) mass is 296 g/mol. The number of nitrogens with two attached hydrogens (primary N) is 2. The van der Waals surface area contributed by atoms with Crippen molar-refractivity contribution in [3.05, 3.63) is 6.33 Å². The first kappa shape index (κ1) is 13.9. The summed E-state index contributed by atoms with van der Waals surface area (Å²) in [6, 6.07) is 0. The maximum atomic E-state index is 10.1. The number of aliphatic hydroxyl groups is 1. The lowest BCUT2D eigenvalue weighted by molar-refractivity contribution is -0.160. The predicted octanol–water partition coefficient (Wildman–Crippen LogP) is -1.13. The van der Waals surface area contributed by atoms with Crippen molar-refractivity contribution in [2.45, 2.75) is 24.7 Å². The molecule has 0 spiro atoms. The summed E-state index contributed by atoms with van der Waals surface area (Å²) in [6.45, 7) is 0. The number of aliphatic hydroxyl groups excluding tert-OH is 1. The zero-order valence-corrected chi connectivity index (χ0v) is 11.5. The van der Waals surface area contributed by atoms with Crippen molar-refractivity contribution >= 4 is 22.9 Å². The van der Waals surface area contributed by atoms with Gasteiger partial charge in [-0.1, -0.05) is 0 Å². The van der Waals surface area contributed by atoms with Gasteiger partial charge in [0.1, 0.15) is 17.7 Å². The summed E-state index contributed by atoms with van der Waals surface area (Å²) in [5, 5.41) is 10.1. The highest BCUT2D eigenvalue weighted by molar-refractivity contribution is 5.82. The third-order valence-electron chi connectivity index (χ3n) is 3.41. The molecule has 0 amide bonds. The zero-order valence-electron chi connectivity index (χ0n) is 11.5. The molecule has 10 heteroatoms. The summed E-state index contributed by atoms with van der Waals surface area (Å²) >= 11 is 0. The first-order chi connectivity index (χ1) is 10.1. The lowest BCUT2D eigenvalue weighted by Gasteiger charge is -2.19. The Morgan fingerprint density at radius 3 is 2.71 bits per heavy atom. The molecule has 2 aromatic heterocycles. The van der Waals surface area contributed by atoms with Crippen molar-refractivity contribution in [1.82, 2.24) is 19.5 Å². The highest BCUT2D eigenvalue weighted by atomic mass is 16.7. The molecule has 10 nitrogen and oxygen atoms in total. The Bertz CT molecular complexity index is 661. The van der Waals surface area contributed by atoms with Gasteiger partial charge >= 0.3 is 0 Å². The highest BCUT2D eigenvalue weighted by Gasteiger charge is 2.46. The number of imidazole rings is 1. The molecular formula is C11H16N6O4. The Labute approximate surface area is 119 Å². The number of rotatable bonds is 3. The summed E-state index contributed by atoms with van der Waals surface area (Å²) < 4.78 is 17.6. The van der Waals surface area contributed by atoms with E-state index in [0.29, 0.717) is 11.2 Å². The molecule has 0 aromatic carbocycles. The molecule has 0 aliphatic carbocycles. The minimum Gasteiger partial charge on any atom is -0.385 e. The summed E-state index contributed by atoms with van der Waals surface area (Å²) in [5.41, 5.74) is 12.2. The fourth-order valence-electron chi connectivity index (χ4n) is 2.44. The van der Waals surface area contributed by atoms with Gasteiger partial charge in [-0.25, -0.2) is 4.98 Å². The average Bonchev–Trinajstić information content (AvgIpc) is 2.99. The fraction of sp³-hybridized carbons (Fsp3) is 0.545. The van der Waals surface area contributed by atoms with Gasteiger partial charge in [-0.2, -0.15) is 9.97 Å². The van der Waals surface area contributed by atoms with E-state index in [0.717, 1.165) is 0 Å². The van der Waals surface area contributed by atoms with Crippen LogP contribution in [0.2, 0.25) is 0 Å². The van der Waals surface area contributed by atoms with Crippen LogP contribution in [0.3, 0.4) is 0 Å². The van der Waals surface area contributed by atoms with Crippen LogP contribution in [0.5, 0.6) is 0 Å². The Hall–Kier alpha value is -2.01. The van der Waals surface area contributed by atoms with Crippen LogP contribution in [0.4, 0.5) is 11.8 Å². The maximum Gasteiger partial charge on any atom is 0.224 e. The molecule has 21 heavy (non-hydrogen) atoms. The average molecular weight is 296 g/mol. The van der Waals surface area contributed by atoms with Crippen LogP contribution >= 0.6 is 0 Å². The lowest BCUT2D eigenvalue weighted by atomic mass is 10.2. The Morgan fingerprint density at radius 2 is 2.05 bits per heavy atom. The molecule has 114 valence electrons. The smallest absolute Gasteiger partial charge is 0.224 e. The number of fused-ring (bicyclic) bond motifs is 1. The van der Waals surface area contributed by atoms with E-state index in [1.54, 1.807) is 4.57 Å². The van der Waals surface area contributed by atoms with Crippen LogP contribution in [0.1, 0.15) is 6.23 Å². The molecular weight excluding hydrogens is 280 g/mol. The molecule has 3 heterocycles. The van der Waals surface area contributed by atoms with E-state index in [4.69, 9.17) is 25.7 Å². The number of aromatic nitrogens is 4. The summed E-state index contributed by atoms with van der Waals surface area (Å²) in [7, 11) is 2.91. The molecule has 0 bridgehead atoms. The van der Waals surface area contributed by atoms with E-state index < -0.39 is 24.7 Å². The van der Waals surface area contributed by atoms with Crippen molar-refractivity contribution in [2.75, 3.05) is 25.7 Å². The van der Waals surface area contributed by atoms with Gasteiger partial charge < -0.3 is 30.8 Å². The Balaban J connectivity index is 2.08. The molecule has 1 saturated heterocycles. The number of anilines is 2. The van der Waals surface area contributed by atoms with Crippen molar-refractivity contribution in [3.63, 3.8) is 0 Å². The SMILES string of the molecule is COC1C(O)[C@@H](OC)O[C@H]1n1cnc2c(N)nc(N)nc21. The topological polar surface area (TPSA) is 144 Å².